The van der Waals surface area contributed by atoms with E-state index in [1.807, 2.05) is 6.92 Å². The Balaban J connectivity index is 2.59. The first-order valence-electron chi connectivity index (χ1n) is 9.21. The molecular weight excluding hydrogens is 372 g/mol. The highest BCUT2D eigenvalue weighted by molar-refractivity contribution is 6.02. The maximum absolute atomic E-state index is 12.3. The van der Waals surface area contributed by atoms with Gasteiger partial charge < -0.3 is 20.8 Å². The fraction of sp³-hybridized carbons (Fsp3) is 0.350. The number of amides is 2. The summed E-state index contributed by atoms with van der Waals surface area (Å²) in [6, 6.07) is 6.94. The van der Waals surface area contributed by atoms with Gasteiger partial charge in [0.2, 0.25) is 5.91 Å². The predicted octanol–water partition coefficient (Wildman–Crippen LogP) is 2.74. The van der Waals surface area contributed by atoms with E-state index >= 15 is 0 Å². The summed E-state index contributed by atoms with van der Waals surface area (Å²) < 4.78 is 5.49. The number of rotatable bonds is 8. The van der Waals surface area contributed by atoms with Gasteiger partial charge in [-0.05, 0) is 25.5 Å². The molecule has 0 fully saturated rings. The van der Waals surface area contributed by atoms with Gasteiger partial charge in [0.05, 0.1) is 18.5 Å². The molecule has 0 aliphatic rings. The third-order valence-electron chi connectivity index (χ3n) is 4.22. The lowest BCUT2D eigenvalue weighted by molar-refractivity contribution is -0.116. The Hall–Kier alpha value is -3.49. The van der Waals surface area contributed by atoms with Crippen molar-refractivity contribution >= 4 is 34.7 Å². The lowest BCUT2D eigenvalue weighted by atomic mass is 10.1. The summed E-state index contributed by atoms with van der Waals surface area (Å²) in [6.07, 6.45) is 0.746. The molecule has 9 nitrogen and oxygen atoms in total. The first kappa shape index (κ1) is 21.8. The quantitative estimate of drug-likeness (QED) is 0.588. The second kappa shape index (κ2) is 9.63. The summed E-state index contributed by atoms with van der Waals surface area (Å²) in [7, 11) is 3.02. The molecular formula is C20H26N6O3. The highest BCUT2D eigenvalue weighted by Crippen LogP contribution is 2.33. The van der Waals surface area contributed by atoms with Crippen molar-refractivity contribution in [3.8, 4) is 5.75 Å². The maximum atomic E-state index is 12.3. The second-order valence-corrected chi connectivity index (χ2v) is 6.35. The van der Waals surface area contributed by atoms with E-state index in [1.54, 1.807) is 31.2 Å². The van der Waals surface area contributed by atoms with Gasteiger partial charge in [-0.25, -0.2) is 0 Å². The highest BCUT2D eigenvalue weighted by Gasteiger charge is 2.20. The summed E-state index contributed by atoms with van der Waals surface area (Å²) >= 11 is 0. The summed E-state index contributed by atoms with van der Waals surface area (Å²) in [5.74, 6) is 0.222. The molecule has 0 bridgehead atoms. The van der Waals surface area contributed by atoms with E-state index < -0.39 is 5.91 Å². The van der Waals surface area contributed by atoms with Crippen LogP contribution in [-0.2, 0) is 4.79 Å². The maximum Gasteiger partial charge on any atom is 0.273 e. The van der Waals surface area contributed by atoms with E-state index in [1.165, 1.54) is 26.0 Å². The number of hydrogen-bond acceptors (Lipinski definition) is 7. The van der Waals surface area contributed by atoms with E-state index in [-0.39, 0.29) is 11.6 Å². The molecule has 0 radical (unpaired) electrons. The average Bonchev–Trinajstić information content (AvgIpc) is 2.70. The highest BCUT2D eigenvalue weighted by atomic mass is 16.5. The first-order valence-corrected chi connectivity index (χ1v) is 9.21. The van der Waals surface area contributed by atoms with E-state index in [4.69, 9.17) is 10.1 Å². The van der Waals surface area contributed by atoms with Crippen molar-refractivity contribution in [2.24, 2.45) is 0 Å². The van der Waals surface area contributed by atoms with Crippen molar-refractivity contribution in [1.82, 2.24) is 15.5 Å². The molecule has 2 amide bonds. The molecule has 1 aromatic carbocycles. The Kier molecular flexibility index (Phi) is 7.24. The monoisotopic (exact) mass is 398 g/mol. The molecule has 0 spiro atoms. The van der Waals surface area contributed by atoms with Gasteiger partial charge in [0, 0.05) is 37.9 Å². The Morgan fingerprint density at radius 2 is 1.93 bits per heavy atom. The molecule has 0 unspecified atom stereocenters. The topological polar surface area (TPSA) is 120 Å². The Bertz CT molecular complexity index is 928. The fourth-order valence-electron chi connectivity index (χ4n) is 2.85. The van der Waals surface area contributed by atoms with Crippen molar-refractivity contribution in [1.29, 1.82) is 5.41 Å². The van der Waals surface area contributed by atoms with Crippen LogP contribution in [0.5, 0.6) is 5.75 Å². The van der Waals surface area contributed by atoms with Gasteiger partial charge in [0.15, 0.2) is 17.3 Å². The van der Waals surface area contributed by atoms with E-state index in [2.05, 4.69) is 20.8 Å². The Labute approximate surface area is 170 Å². The molecule has 3 N–H and O–H groups in total. The van der Waals surface area contributed by atoms with Crippen LogP contribution in [-0.4, -0.2) is 48.4 Å². The van der Waals surface area contributed by atoms with Crippen molar-refractivity contribution in [3.63, 3.8) is 0 Å². The number of methoxy groups -OCH3 is 1. The average molecular weight is 398 g/mol. The molecule has 0 aliphatic heterocycles. The normalized spacial score (nSPS) is 10.2. The molecule has 0 atom stereocenters. The largest absolute Gasteiger partial charge is 0.494 e. The van der Waals surface area contributed by atoms with E-state index in [0.717, 1.165) is 6.42 Å². The number of carbonyl (C=O) groups excluding carboxylic acids is 2. The van der Waals surface area contributed by atoms with Crippen LogP contribution in [0.25, 0.3) is 0 Å². The SMILES string of the molecule is CCCN(C(C)=O)c1cc(Nc2cccc(C(C)=N)c2OC)c(C(=O)NC)nn1. The molecule has 29 heavy (non-hydrogen) atoms. The minimum atomic E-state index is -0.422. The zero-order valence-corrected chi connectivity index (χ0v) is 17.3. The third kappa shape index (κ3) is 4.87. The van der Waals surface area contributed by atoms with Gasteiger partial charge in [0.1, 0.15) is 0 Å². The van der Waals surface area contributed by atoms with Crippen LogP contribution < -0.4 is 20.3 Å². The number of ether oxygens (including phenoxy) is 1. The number of hydrogen-bond donors (Lipinski definition) is 3. The lowest BCUT2D eigenvalue weighted by Crippen LogP contribution is -2.31. The number of nitrogens with one attached hydrogen (secondary N) is 3. The minimum Gasteiger partial charge on any atom is -0.494 e. The summed E-state index contributed by atoms with van der Waals surface area (Å²) in [5, 5.41) is 21.7. The third-order valence-corrected chi connectivity index (χ3v) is 4.22. The summed E-state index contributed by atoms with van der Waals surface area (Å²) in [5.41, 5.74) is 1.98. The van der Waals surface area contributed by atoms with Crippen molar-refractivity contribution in [3.05, 3.63) is 35.5 Å². The molecule has 2 rings (SSSR count). The Morgan fingerprint density at radius 1 is 1.21 bits per heavy atom. The van der Waals surface area contributed by atoms with Crippen LogP contribution in [0.15, 0.2) is 24.3 Å². The molecule has 1 aromatic heterocycles. The van der Waals surface area contributed by atoms with Gasteiger partial charge in [-0.15, -0.1) is 10.2 Å². The van der Waals surface area contributed by atoms with Crippen LogP contribution >= 0.6 is 0 Å². The van der Waals surface area contributed by atoms with Crippen molar-refractivity contribution in [2.45, 2.75) is 27.2 Å². The summed E-state index contributed by atoms with van der Waals surface area (Å²) in [4.78, 5) is 25.8. The van der Waals surface area contributed by atoms with Crippen LogP contribution in [0, 0.1) is 5.41 Å². The van der Waals surface area contributed by atoms with E-state index in [0.29, 0.717) is 40.8 Å². The van der Waals surface area contributed by atoms with Gasteiger partial charge >= 0.3 is 0 Å². The zero-order chi connectivity index (χ0) is 21.6. The molecule has 2 aromatic rings. The minimum absolute atomic E-state index is 0.0790. The number of aromatic nitrogens is 2. The van der Waals surface area contributed by atoms with Crippen LogP contribution in [0.3, 0.4) is 0 Å². The van der Waals surface area contributed by atoms with Crippen molar-refractivity contribution < 1.29 is 14.3 Å². The molecule has 0 saturated heterocycles. The molecule has 1 heterocycles. The summed E-state index contributed by atoms with van der Waals surface area (Å²) in [6.45, 7) is 5.56. The number of nitrogens with zero attached hydrogens (tertiary/aromatic N) is 3. The zero-order valence-electron chi connectivity index (χ0n) is 17.3. The molecule has 154 valence electrons. The smallest absolute Gasteiger partial charge is 0.273 e. The Morgan fingerprint density at radius 3 is 2.48 bits per heavy atom. The van der Waals surface area contributed by atoms with Crippen LogP contribution in [0.1, 0.15) is 43.2 Å². The first-order chi connectivity index (χ1) is 13.8. The van der Waals surface area contributed by atoms with Gasteiger partial charge in [0.25, 0.3) is 5.91 Å². The second-order valence-electron chi connectivity index (χ2n) is 6.35. The van der Waals surface area contributed by atoms with Crippen LogP contribution in [0.4, 0.5) is 17.2 Å². The lowest BCUT2D eigenvalue weighted by Gasteiger charge is -2.21. The number of carbonyl (C=O) groups is 2. The van der Waals surface area contributed by atoms with Gasteiger partial charge in [-0.3, -0.25) is 14.5 Å². The molecule has 0 saturated carbocycles. The molecule has 9 heteroatoms. The van der Waals surface area contributed by atoms with Crippen LogP contribution in [0.2, 0.25) is 0 Å². The van der Waals surface area contributed by atoms with Gasteiger partial charge in [-0.2, -0.15) is 0 Å². The number of anilines is 3. The number of benzene rings is 1. The van der Waals surface area contributed by atoms with Gasteiger partial charge in [-0.1, -0.05) is 13.0 Å². The number of para-hydroxylation sites is 1. The fourth-order valence-corrected chi connectivity index (χ4v) is 2.85. The van der Waals surface area contributed by atoms with E-state index in [9.17, 15) is 9.59 Å². The predicted molar refractivity (Wildman–Crippen MR) is 113 cm³/mol. The standard InChI is InChI=1S/C20H26N6O3/c1-6-10-26(13(3)27)17-11-16(18(25-24-17)20(28)22-4)23-15-9-7-8-14(12(2)21)19(15)29-5/h7-9,11,21H,6,10H2,1-5H3,(H,22,28)(H,23,24). The van der Waals surface area contributed by atoms with Crippen molar-refractivity contribution in [2.75, 3.05) is 30.9 Å². The molecule has 0 aliphatic carbocycles.